The quantitative estimate of drug-likeness (QED) is 0.632. The fourth-order valence-electron chi connectivity index (χ4n) is 1.61. The van der Waals surface area contributed by atoms with Gasteiger partial charge < -0.3 is 4.74 Å². The molecule has 1 aromatic rings. The summed E-state index contributed by atoms with van der Waals surface area (Å²) in [4.78, 5) is 11.6. The van der Waals surface area contributed by atoms with Crippen LogP contribution >= 0.6 is 11.6 Å². The first kappa shape index (κ1) is 10.0. The second-order valence-corrected chi connectivity index (χ2v) is 4.15. The number of benzene rings is 1. The third-order valence-corrected chi connectivity index (χ3v) is 2.61. The lowest BCUT2D eigenvalue weighted by Gasteiger charge is -2.28. The predicted molar refractivity (Wildman–Crippen MR) is 54.6 cm³/mol. The molecule has 0 aliphatic carbocycles. The number of fused-ring (bicyclic) bond motifs is 1. The van der Waals surface area contributed by atoms with E-state index >= 15 is 0 Å². The van der Waals surface area contributed by atoms with Gasteiger partial charge in [0.25, 0.3) is 0 Å². The lowest BCUT2D eigenvalue weighted by Crippen LogP contribution is -2.37. The van der Waals surface area contributed by atoms with Gasteiger partial charge in [0.2, 0.25) is 0 Å². The Morgan fingerprint density at radius 1 is 1.60 bits per heavy atom. The second kappa shape index (κ2) is 3.25. The van der Waals surface area contributed by atoms with Gasteiger partial charge in [0, 0.05) is 11.4 Å². The van der Waals surface area contributed by atoms with Crippen molar-refractivity contribution >= 4 is 17.6 Å². The first-order valence-corrected chi connectivity index (χ1v) is 4.85. The Bertz CT molecular complexity index is 478. The van der Waals surface area contributed by atoms with Crippen LogP contribution in [0.1, 0.15) is 22.8 Å². The number of carbonyl (C=O) groups is 1. The maximum Gasteiger partial charge on any atom is 0.340 e. The summed E-state index contributed by atoms with van der Waals surface area (Å²) in [5, 5.41) is 9.39. The highest BCUT2D eigenvalue weighted by Crippen LogP contribution is 2.29. The van der Waals surface area contributed by atoms with Crippen LogP contribution in [-0.4, -0.2) is 11.6 Å². The molecular weight excluding hydrogens is 214 g/mol. The molecule has 0 amide bonds. The highest BCUT2D eigenvalue weighted by Gasteiger charge is 2.36. The molecule has 3 nitrogen and oxygen atoms in total. The Hall–Kier alpha value is -1.53. The molecule has 1 aliphatic heterocycles. The molecule has 1 aromatic carbocycles. The fraction of sp³-hybridized carbons (Fsp3) is 0.273. The van der Waals surface area contributed by atoms with E-state index in [0.717, 1.165) is 5.56 Å². The Morgan fingerprint density at radius 2 is 2.33 bits per heavy atom. The first-order chi connectivity index (χ1) is 7.04. The molecule has 15 heavy (non-hydrogen) atoms. The lowest BCUT2D eigenvalue weighted by molar-refractivity contribution is 0.00851. The number of halogens is 1. The number of hydrogen-bond acceptors (Lipinski definition) is 3. The average molecular weight is 222 g/mol. The van der Waals surface area contributed by atoms with Gasteiger partial charge in [0.15, 0.2) is 5.60 Å². The second-order valence-electron chi connectivity index (χ2n) is 3.71. The van der Waals surface area contributed by atoms with E-state index in [1.165, 1.54) is 0 Å². The van der Waals surface area contributed by atoms with Crippen LogP contribution in [0.5, 0.6) is 0 Å². The number of cyclic esters (lactones) is 1. The van der Waals surface area contributed by atoms with Crippen molar-refractivity contribution in [1.29, 1.82) is 5.26 Å². The SMILES string of the molecule is CC1(C#N)Cc2ccc(Cl)cc2C(=O)O1. The summed E-state index contributed by atoms with van der Waals surface area (Å²) in [6, 6.07) is 7.02. The van der Waals surface area contributed by atoms with Gasteiger partial charge in [-0.05, 0) is 24.6 Å². The molecule has 0 N–H and O–H groups in total. The van der Waals surface area contributed by atoms with Crippen molar-refractivity contribution in [3.63, 3.8) is 0 Å². The van der Waals surface area contributed by atoms with E-state index in [-0.39, 0.29) is 0 Å². The molecule has 0 spiro atoms. The standard InChI is InChI=1S/C11H8ClNO2/c1-11(6-13)5-7-2-3-8(12)4-9(7)10(14)15-11/h2-4H,5H2,1H3. The number of carbonyl (C=O) groups excluding carboxylic acids is 1. The third-order valence-electron chi connectivity index (χ3n) is 2.37. The monoisotopic (exact) mass is 221 g/mol. The zero-order valence-electron chi connectivity index (χ0n) is 8.08. The van der Waals surface area contributed by atoms with Crippen LogP contribution in [0.25, 0.3) is 0 Å². The molecule has 1 aliphatic rings. The van der Waals surface area contributed by atoms with Crippen molar-refractivity contribution in [3.8, 4) is 6.07 Å². The Balaban J connectivity index is 2.51. The molecule has 0 saturated heterocycles. The zero-order valence-corrected chi connectivity index (χ0v) is 8.84. The van der Waals surface area contributed by atoms with Gasteiger partial charge in [-0.1, -0.05) is 17.7 Å². The van der Waals surface area contributed by atoms with Crippen LogP contribution < -0.4 is 0 Å². The van der Waals surface area contributed by atoms with E-state index in [9.17, 15) is 4.79 Å². The van der Waals surface area contributed by atoms with Crippen LogP contribution in [0, 0.1) is 11.3 Å². The van der Waals surface area contributed by atoms with Gasteiger partial charge in [-0.25, -0.2) is 4.79 Å². The summed E-state index contributed by atoms with van der Waals surface area (Å²) in [7, 11) is 0. The largest absolute Gasteiger partial charge is 0.440 e. The van der Waals surface area contributed by atoms with E-state index in [2.05, 4.69) is 0 Å². The fourth-order valence-corrected chi connectivity index (χ4v) is 1.79. The molecule has 2 rings (SSSR count). The maximum absolute atomic E-state index is 11.6. The van der Waals surface area contributed by atoms with Gasteiger partial charge in [0.1, 0.15) is 6.07 Å². The summed E-state index contributed by atoms with van der Waals surface area (Å²) in [6.07, 6.45) is 0.405. The number of nitriles is 1. The smallest absolute Gasteiger partial charge is 0.340 e. The maximum atomic E-state index is 11.6. The van der Waals surface area contributed by atoms with Crippen molar-refractivity contribution < 1.29 is 9.53 Å². The first-order valence-electron chi connectivity index (χ1n) is 4.47. The average Bonchev–Trinajstić information content (AvgIpc) is 2.20. The molecule has 0 aromatic heterocycles. The minimum atomic E-state index is -1.06. The van der Waals surface area contributed by atoms with Crippen LogP contribution in [0.3, 0.4) is 0 Å². The molecule has 0 radical (unpaired) electrons. The Kier molecular flexibility index (Phi) is 2.17. The molecule has 0 fully saturated rings. The van der Waals surface area contributed by atoms with Crippen LogP contribution in [-0.2, 0) is 11.2 Å². The molecule has 4 heteroatoms. The number of esters is 1. The van der Waals surface area contributed by atoms with E-state index in [4.69, 9.17) is 21.6 Å². The number of hydrogen-bond donors (Lipinski definition) is 0. The molecular formula is C11H8ClNO2. The molecule has 1 unspecified atom stereocenters. The normalized spacial score (nSPS) is 23.9. The van der Waals surface area contributed by atoms with Crippen molar-refractivity contribution in [1.82, 2.24) is 0 Å². The minimum absolute atomic E-state index is 0.405. The van der Waals surface area contributed by atoms with Gasteiger partial charge in [0.05, 0.1) is 5.56 Å². The third kappa shape index (κ3) is 1.69. The van der Waals surface area contributed by atoms with Gasteiger partial charge >= 0.3 is 5.97 Å². The summed E-state index contributed by atoms with van der Waals surface area (Å²) < 4.78 is 5.05. The van der Waals surface area contributed by atoms with Crippen molar-refractivity contribution in [2.24, 2.45) is 0 Å². The lowest BCUT2D eigenvalue weighted by atomic mass is 9.91. The van der Waals surface area contributed by atoms with Crippen molar-refractivity contribution in [2.75, 3.05) is 0 Å². The highest BCUT2D eigenvalue weighted by molar-refractivity contribution is 6.31. The summed E-state index contributed by atoms with van der Waals surface area (Å²) in [6.45, 7) is 1.60. The van der Waals surface area contributed by atoms with E-state index < -0.39 is 11.6 Å². The number of rotatable bonds is 0. The molecule has 76 valence electrons. The summed E-state index contributed by atoms with van der Waals surface area (Å²) >= 11 is 5.77. The topological polar surface area (TPSA) is 50.1 Å². The number of ether oxygens (including phenoxy) is 1. The summed E-state index contributed by atoms with van der Waals surface area (Å²) in [5.74, 6) is -0.484. The van der Waals surface area contributed by atoms with Crippen LogP contribution in [0.2, 0.25) is 5.02 Å². The summed E-state index contributed by atoms with van der Waals surface area (Å²) in [5.41, 5.74) is 0.202. The van der Waals surface area contributed by atoms with Crippen LogP contribution in [0.4, 0.5) is 0 Å². The minimum Gasteiger partial charge on any atom is -0.440 e. The van der Waals surface area contributed by atoms with E-state index in [1.807, 2.05) is 6.07 Å². The van der Waals surface area contributed by atoms with E-state index in [1.54, 1.807) is 25.1 Å². The molecule has 0 saturated carbocycles. The highest BCUT2D eigenvalue weighted by atomic mass is 35.5. The number of nitrogens with zero attached hydrogens (tertiary/aromatic N) is 1. The van der Waals surface area contributed by atoms with Gasteiger partial charge in [-0.2, -0.15) is 5.26 Å². The molecule has 1 atom stereocenters. The molecule has 0 bridgehead atoms. The Labute approximate surface area is 92.2 Å². The van der Waals surface area contributed by atoms with E-state index in [0.29, 0.717) is 17.0 Å². The van der Waals surface area contributed by atoms with Crippen LogP contribution in [0.15, 0.2) is 18.2 Å². The van der Waals surface area contributed by atoms with Crippen molar-refractivity contribution in [2.45, 2.75) is 18.9 Å². The van der Waals surface area contributed by atoms with Crippen molar-refractivity contribution in [3.05, 3.63) is 34.3 Å². The predicted octanol–water partition coefficient (Wildman–Crippen LogP) is 2.34. The van der Waals surface area contributed by atoms with Gasteiger partial charge in [-0.15, -0.1) is 0 Å². The zero-order chi connectivity index (χ0) is 11.1. The van der Waals surface area contributed by atoms with Gasteiger partial charge in [-0.3, -0.25) is 0 Å². The Morgan fingerprint density at radius 3 is 3.00 bits per heavy atom. The molecule has 1 heterocycles.